The monoisotopic (exact) mass is 279 g/mol. The van der Waals surface area contributed by atoms with E-state index in [9.17, 15) is 9.18 Å². The van der Waals surface area contributed by atoms with Crippen molar-refractivity contribution in [2.45, 2.75) is 26.7 Å². The Kier molecular flexibility index (Phi) is 4.28. The minimum absolute atomic E-state index is 0.150. The Morgan fingerprint density at radius 1 is 1.50 bits per heavy atom. The number of benzene rings is 1. The highest BCUT2D eigenvalue weighted by Crippen LogP contribution is 2.28. The Morgan fingerprint density at radius 2 is 2.25 bits per heavy atom. The molecule has 3 N–H and O–H groups in total. The van der Waals surface area contributed by atoms with Gasteiger partial charge in [0.25, 0.3) is 0 Å². The van der Waals surface area contributed by atoms with Crippen LogP contribution < -0.4 is 11.1 Å². The fourth-order valence-corrected chi connectivity index (χ4v) is 2.53. The third kappa shape index (κ3) is 3.93. The van der Waals surface area contributed by atoms with Gasteiger partial charge >= 0.3 is 0 Å². The van der Waals surface area contributed by atoms with Gasteiger partial charge in [0.1, 0.15) is 5.82 Å². The van der Waals surface area contributed by atoms with Crippen molar-refractivity contribution in [1.82, 2.24) is 4.90 Å². The number of rotatable bonds is 4. The largest absolute Gasteiger partial charge is 0.399 e. The highest BCUT2D eigenvalue weighted by Gasteiger charge is 2.28. The van der Waals surface area contributed by atoms with E-state index in [1.807, 2.05) is 0 Å². The van der Waals surface area contributed by atoms with Crippen molar-refractivity contribution in [2.75, 3.05) is 30.7 Å². The Hall–Kier alpha value is -1.62. The number of hydrogen-bond donors (Lipinski definition) is 2. The van der Waals surface area contributed by atoms with Gasteiger partial charge in [-0.3, -0.25) is 4.79 Å². The molecule has 0 atom stereocenters. The van der Waals surface area contributed by atoms with E-state index in [1.165, 1.54) is 18.2 Å². The second kappa shape index (κ2) is 5.79. The summed E-state index contributed by atoms with van der Waals surface area (Å²) in [5, 5.41) is 2.58. The van der Waals surface area contributed by atoms with Crippen LogP contribution in [-0.2, 0) is 4.79 Å². The highest BCUT2D eigenvalue weighted by molar-refractivity contribution is 5.91. The molecule has 1 aliphatic heterocycles. The lowest BCUT2D eigenvalue weighted by Crippen LogP contribution is -2.27. The van der Waals surface area contributed by atoms with Crippen molar-refractivity contribution in [3.05, 3.63) is 24.0 Å². The summed E-state index contributed by atoms with van der Waals surface area (Å²) in [5.74, 6) is -0.644. The summed E-state index contributed by atoms with van der Waals surface area (Å²) < 4.78 is 13.5. The zero-order valence-electron chi connectivity index (χ0n) is 12.1. The van der Waals surface area contributed by atoms with Crippen LogP contribution in [0.4, 0.5) is 15.8 Å². The molecule has 0 unspecified atom stereocenters. The molecule has 1 fully saturated rings. The van der Waals surface area contributed by atoms with Gasteiger partial charge in [-0.05, 0) is 36.6 Å². The number of nitrogens with two attached hydrogens (primary N) is 1. The smallest absolute Gasteiger partial charge is 0.225 e. The molecule has 2 rings (SSSR count). The quantitative estimate of drug-likeness (QED) is 0.832. The number of nitrogen functional groups attached to an aromatic ring is 1. The van der Waals surface area contributed by atoms with Crippen LogP contribution >= 0.6 is 0 Å². The van der Waals surface area contributed by atoms with E-state index >= 15 is 0 Å². The topological polar surface area (TPSA) is 58.4 Å². The van der Waals surface area contributed by atoms with E-state index in [-0.39, 0.29) is 11.6 Å². The SMILES string of the molecule is CC1(C)CCN(CCC(=O)Nc2cc(N)ccc2F)C1. The van der Waals surface area contributed by atoms with Crippen LogP contribution in [0, 0.1) is 11.2 Å². The molecule has 4 nitrogen and oxygen atoms in total. The number of nitrogens with zero attached hydrogens (tertiary/aromatic N) is 1. The van der Waals surface area contributed by atoms with Crippen molar-refractivity contribution >= 4 is 17.3 Å². The number of hydrogen-bond acceptors (Lipinski definition) is 3. The van der Waals surface area contributed by atoms with Gasteiger partial charge in [0.2, 0.25) is 5.91 Å². The highest BCUT2D eigenvalue weighted by atomic mass is 19.1. The van der Waals surface area contributed by atoms with Crippen LogP contribution in [0.25, 0.3) is 0 Å². The maximum Gasteiger partial charge on any atom is 0.225 e. The lowest BCUT2D eigenvalue weighted by Gasteiger charge is -2.19. The van der Waals surface area contributed by atoms with E-state index in [0.717, 1.165) is 19.5 Å². The minimum atomic E-state index is -0.463. The number of carbonyl (C=O) groups is 1. The molecule has 0 spiro atoms. The maximum absolute atomic E-state index is 13.5. The molecule has 5 heteroatoms. The summed E-state index contributed by atoms with van der Waals surface area (Å²) >= 11 is 0. The van der Waals surface area contributed by atoms with Crippen LogP contribution in [0.5, 0.6) is 0 Å². The lowest BCUT2D eigenvalue weighted by atomic mass is 9.93. The molecule has 0 aromatic heterocycles. The van der Waals surface area contributed by atoms with E-state index in [1.54, 1.807) is 0 Å². The summed E-state index contributed by atoms with van der Waals surface area (Å²) in [5.41, 5.74) is 6.49. The van der Waals surface area contributed by atoms with Crippen LogP contribution in [0.15, 0.2) is 18.2 Å². The van der Waals surface area contributed by atoms with E-state index in [2.05, 4.69) is 24.1 Å². The van der Waals surface area contributed by atoms with Crippen LogP contribution in [0.1, 0.15) is 26.7 Å². The standard InChI is InChI=1S/C15H22FN3O/c1-15(2)6-8-19(10-15)7-5-14(20)18-13-9-11(17)3-4-12(13)16/h3-4,9H,5-8,10,17H2,1-2H3,(H,18,20). The van der Waals surface area contributed by atoms with Gasteiger partial charge in [-0.2, -0.15) is 0 Å². The first-order valence-electron chi connectivity index (χ1n) is 6.93. The van der Waals surface area contributed by atoms with Crippen molar-refractivity contribution in [3.8, 4) is 0 Å². The number of nitrogens with one attached hydrogen (secondary N) is 1. The van der Waals surface area contributed by atoms with Gasteiger partial charge in [-0.15, -0.1) is 0 Å². The number of amides is 1. The molecule has 1 aliphatic rings. The number of carbonyl (C=O) groups excluding carboxylic acids is 1. The molecule has 0 radical (unpaired) electrons. The van der Waals surface area contributed by atoms with Crippen molar-refractivity contribution in [2.24, 2.45) is 5.41 Å². The number of halogens is 1. The van der Waals surface area contributed by atoms with Crippen molar-refractivity contribution < 1.29 is 9.18 Å². The van der Waals surface area contributed by atoms with E-state index in [4.69, 9.17) is 5.73 Å². The molecule has 1 amide bonds. The summed E-state index contributed by atoms with van der Waals surface area (Å²) in [7, 11) is 0. The van der Waals surface area contributed by atoms with Gasteiger partial charge in [0, 0.05) is 25.2 Å². The molecule has 1 aromatic carbocycles. The molecule has 1 saturated heterocycles. The molecule has 0 aliphatic carbocycles. The Bertz CT molecular complexity index is 502. The minimum Gasteiger partial charge on any atom is -0.399 e. The third-order valence-electron chi connectivity index (χ3n) is 3.68. The third-order valence-corrected chi connectivity index (χ3v) is 3.68. The Labute approximate surface area is 119 Å². The molecule has 20 heavy (non-hydrogen) atoms. The average molecular weight is 279 g/mol. The number of anilines is 2. The van der Waals surface area contributed by atoms with E-state index < -0.39 is 5.82 Å². The van der Waals surface area contributed by atoms with Gasteiger partial charge in [-0.25, -0.2) is 4.39 Å². The molecule has 0 saturated carbocycles. The molecule has 0 bridgehead atoms. The van der Waals surface area contributed by atoms with Crippen LogP contribution in [-0.4, -0.2) is 30.4 Å². The van der Waals surface area contributed by atoms with E-state index in [0.29, 0.717) is 24.1 Å². The second-order valence-corrected chi connectivity index (χ2v) is 6.23. The maximum atomic E-state index is 13.5. The molecule has 1 aromatic rings. The predicted octanol–water partition coefficient (Wildman–Crippen LogP) is 2.47. The Balaban J connectivity index is 1.83. The zero-order valence-corrected chi connectivity index (χ0v) is 12.1. The first kappa shape index (κ1) is 14.8. The molecule has 1 heterocycles. The molecular formula is C15H22FN3O. The van der Waals surface area contributed by atoms with Gasteiger partial charge < -0.3 is 16.0 Å². The van der Waals surface area contributed by atoms with Crippen LogP contribution in [0.3, 0.4) is 0 Å². The molecule has 110 valence electrons. The summed E-state index contributed by atoms with van der Waals surface area (Å²) in [4.78, 5) is 14.1. The van der Waals surface area contributed by atoms with Crippen molar-refractivity contribution in [1.29, 1.82) is 0 Å². The lowest BCUT2D eigenvalue weighted by molar-refractivity contribution is -0.116. The molecular weight excluding hydrogens is 257 g/mol. The summed E-state index contributed by atoms with van der Waals surface area (Å²) in [6.45, 7) is 7.20. The van der Waals surface area contributed by atoms with Gasteiger partial charge in [0.15, 0.2) is 0 Å². The first-order chi connectivity index (χ1) is 9.35. The van der Waals surface area contributed by atoms with Crippen molar-refractivity contribution in [3.63, 3.8) is 0 Å². The Morgan fingerprint density at radius 3 is 2.90 bits per heavy atom. The number of likely N-dealkylation sites (tertiary alicyclic amines) is 1. The normalized spacial score (nSPS) is 18.1. The van der Waals surface area contributed by atoms with Crippen LogP contribution in [0.2, 0.25) is 0 Å². The first-order valence-corrected chi connectivity index (χ1v) is 6.93. The predicted molar refractivity (Wildman–Crippen MR) is 78.9 cm³/mol. The summed E-state index contributed by atoms with van der Waals surface area (Å²) in [6.07, 6.45) is 1.52. The summed E-state index contributed by atoms with van der Waals surface area (Å²) in [6, 6.07) is 4.16. The van der Waals surface area contributed by atoms with Gasteiger partial charge in [-0.1, -0.05) is 13.8 Å². The second-order valence-electron chi connectivity index (χ2n) is 6.23. The zero-order chi connectivity index (χ0) is 14.8. The van der Waals surface area contributed by atoms with Gasteiger partial charge in [0.05, 0.1) is 5.69 Å². The average Bonchev–Trinajstić information content (AvgIpc) is 2.71. The fraction of sp³-hybridized carbons (Fsp3) is 0.533. The fourth-order valence-electron chi connectivity index (χ4n) is 2.53.